The van der Waals surface area contributed by atoms with E-state index in [0.717, 1.165) is 36.2 Å². The fraction of sp³-hybridized carbons (Fsp3) is 0.304. The molecule has 2 aromatic carbocycles. The topological polar surface area (TPSA) is 44.1 Å². The van der Waals surface area contributed by atoms with E-state index in [4.69, 9.17) is 4.74 Å². The van der Waals surface area contributed by atoms with E-state index in [2.05, 4.69) is 25.0 Å². The van der Waals surface area contributed by atoms with Gasteiger partial charge in [-0.2, -0.15) is 5.10 Å². The average Bonchev–Trinajstić information content (AvgIpc) is 3.00. The molecule has 0 N–H and O–H groups in total. The molecule has 1 heterocycles. The van der Waals surface area contributed by atoms with E-state index in [1.165, 1.54) is 11.1 Å². The summed E-state index contributed by atoms with van der Waals surface area (Å²) in [6.07, 6.45) is 3.34. The van der Waals surface area contributed by atoms with Crippen molar-refractivity contribution in [2.75, 3.05) is 0 Å². The average molecular weight is 362 g/mol. The molecule has 0 aliphatic carbocycles. The first-order valence-corrected chi connectivity index (χ1v) is 9.43. The number of benzene rings is 2. The predicted octanol–water partition coefficient (Wildman–Crippen LogP) is 5.36. The maximum atomic E-state index is 12.6. The smallest absolute Gasteiger partial charge is 0.344 e. The van der Waals surface area contributed by atoms with Crippen LogP contribution in [0.25, 0.3) is 5.69 Å². The molecule has 0 fully saturated rings. The van der Waals surface area contributed by atoms with Gasteiger partial charge in [-0.15, -0.1) is 0 Å². The van der Waals surface area contributed by atoms with Crippen LogP contribution >= 0.6 is 0 Å². The van der Waals surface area contributed by atoms with E-state index in [1.54, 1.807) is 10.7 Å². The lowest BCUT2D eigenvalue weighted by Crippen LogP contribution is -2.12. The minimum atomic E-state index is -0.372. The highest BCUT2D eigenvalue weighted by Crippen LogP contribution is 2.23. The number of aromatic nitrogens is 2. The van der Waals surface area contributed by atoms with Gasteiger partial charge in [0.25, 0.3) is 0 Å². The third-order valence-corrected chi connectivity index (χ3v) is 4.59. The van der Waals surface area contributed by atoms with Crippen LogP contribution < -0.4 is 4.74 Å². The summed E-state index contributed by atoms with van der Waals surface area (Å²) in [5, 5.41) is 4.51. The Kier molecular flexibility index (Phi) is 5.75. The van der Waals surface area contributed by atoms with Gasteiger partial charge >= 0.3 is 5.97 Å². The minimum Gasteiger partial charge on any atom is -0.404 e. The van der Waals surface area contributed by atoms with E-state index in [-0.39, 0.29) is 5.97 Å². The van der Waals surface area contributed by atoms with Crippen molar-refractivity contribution >= 4 is 5.97 Å². The summed E-state index contributed by atoms with van der Waals surface area (Å²) in [5.74, 6) is 0.0578. The van der Waals surface area contributed by atoms with Crippen molar-refractivity contribution in [1.82, 2.24) is 9.78 Å². The number of rotatable bonds is 6. The molecule has 0 aliphatic heterocycles. The van der Waals surface area contributed by atoms with Crippen molar-refractivity contribution in [2.45, 2.75) is 47.0 Å². The van der Waals surface area contributed by atoms with Gasteiger partial charge in [-0.05, 0) is 62.9 Å². The summed E-state index contributed by atoms with van der Waals surface area (Å²) >= 11 is 0. The van der Waals surface area contributed by atoms with Gasteiger partial charge in [0, 0.05) is 6.07 Å². The van der Waals surface area contributed by atoms with Gasteiger partial charge in [-0.1, -0.05) is 43.2 Å². The minimum absolute atomic E-state index is 0.372. The monoisotopic (exact) mass is 362 g/mol. The largest absolute Gasteiger partial charge is 0.404 e. The molecule has 0 radical (unpaired) electrons. The number of carbonyl (C=O) groups excluding carboxylic acids is 1. The fourth-order valence-corrected chi connectivity index (χ4v) is 3.11. The number of aryl methyl sites for hydroxylation is 4. The van der Waals surface area contributed by atoms with Crippen LogP contribution in [0.4, 0.5) is 0 Å². The molecule has 140 valence electrons. The van der Waals surface area contributed by atoms with Crippen LogP contribution in [0.3, 0.4) is 0 Å². The Hall–Kier alpha value is -2.88. The van der Waals surface area contributed by atoms with Gasteiger partial charge in [0.2, 0.25) is 5.88 Å². The lowest BCUT2D eigenvalue weighted by atomic mass is 10.1. The van der Waals surface area contributed by atoms with Crippen molar-refractivity contribution in [3.8, 4) is 11.6 Å². The van der Waals surface area contributed by atoms with Crippen LogP contribution in [0, 0.1) is 20.8 Å². The van der Waals surface area contributed by atoms with Gasteiger partial charge in [0.1, 0.15) is 0 Å². The Morgan fingerprint density at radius 1 is 1.04 bits per heavy atom. The highest BCUT2D eigenvalue weighted by Gasteiger charge is 2.16. The van der Waals surface area contributed by atoms with Gasteiger partial charge in [-0.3, -0.25) is 0 Å². The molecule has 0 unspecified atom stereocenters. The molecule has 27 heavy (non-hydrogen) atoms. The second-order valence-electron chi connectivity index (χ2n) is 7.02. The number of esters is 1. The molecule has 4 heteroatoms. The van der Waals surface area contributed by atoms with Gasteiger partial charge in [0.05, 0.1) is 16.9 Å². The molecule has 0 spiro atoms. The highest BCUT2D eigenvalue weighted by molar-refractivity contribution is 5.91. The molecule has 0 saturated heterocycles. The summed E-state index contributed by atoms with van der Waals surface area (Å²) in [7, 11) is 0. The molecule has 1 aromatic heterocycles. The highest BCUT2D eigenvalue weighted by atomic mass is 16.5. The molecule has 0 atom stereocenters. The molecule has 3 rings (SSSR count). The lowest BCUT2D eigenvalue weighted by Gasteiger charge is -2.11. The molecule has 0 amide bonds. The molecular weight excluding hydrogens is 336 g/mol. The lowest BCUT2D eigenvalue weighted by molar-refractivity contribution is 0.0723. The number of unbranched alkanes of at least 4 members (excludes halogenated alkanes) is 1. The first kappa shape index (κ1) is 18.9. The van der Waals surface area contributed by atoms with E-state index < -0.39 is 0 Å². The maximum absolute atomic E-state index is 12.6. The number of nitrogens with zero attached hydrogens (tertiary/aromatic N) is 2. The second-order valence-corrected chi connectivity index (χ2v) is 7.02. The fourth-order valence-electron chi connectivity index (χ4n) is 3.11. The van der Waals surface area contributed by atoms with Gasteiger partial charge in [0.15, 0.2) is 0 Å². The predicted molar refractivity (Wildman–Crippen MR) is 108 cm³/mol. The van der Waals surface area contributed by atoms with Gasteiger partial charge < -0.3 is 4.74 Å². The van der Waals surface area contributed by atoms with E-state index in [0.29, 0.717) is 11.4 Å². The van der Waals surface area contributed by atoms with Crippen molar-refractivity contribution in [3.63, 3.8) is 0 Å². The molecule has 0 saturated carbocycles. The standard InChI is InChI=1S/C23H26N2O2/c1-5-6-7-19-9-11-20(12-10-19)23(26)27-22-15-18(4)24-25(22)21-13-8-16(2)14-17(21)3/h8-15H,5-7H2,1-4H3. The summed E-state index contributed by atoms with van der Waals surface area (Å²) in [6.45, 7) is 8.14. The zero-order chi connectivity index (χ0) is 19.4. The molecule has 0 aliphatic rings. The zero-order valence-corrected chi connectivity index (χ0v) is 16.5. The number of ether oxygens (including phenoxy) is 1. The van der Waals surface area contributed by atoms with Crippen LogP contribution in [0.5, 0.6) is 5.88 Å². The van der Waals surface area contributed by atoms with Gasteiger partial charge in [-0.25, -0.2) is 9.48 Å². The third kappa shape index (κ3) is 4.45. The van der Waals surface area contributed by atoms with Crippen molar-refractivity contribution < 1.29 is 9.53 Å². The van der Waals surface area contributed by atoms with E-state index >= 15 is 0 Å². The van der Waals surface area contributed by atoms with Crippen molar-refractivity contribution in [2.24, 2.45) is 0 Å². The Bertz CT molecular complexity index is 940. The molecule has 4 nitrogen and oxygen atoms in total. The number of carbonyl (C=O) groups is 1. The number of hydrogen-bond acceptors (Lipinski definition) is 3. The van der Waals surface area contributed by atoms with Crippen LogP contribution in [0.1, 0.15) is 52.5 Å². The summed E-state index contributed by atoms with van der Waals surface area (Å²) in [5.41, 5.74) is 5.75. The molecule has 0 bridgehead atoms. The van der Waals surface area contributed by atoms with E-state index in [9.17, 15) is 4.79 Å². The van der Waals surface area contributed by atoms with Crippen LogP contribution in [-0.4, -0.2) is 15.7 Å². The van der Waals surface area contributed by atoms with Crippen molar-refractivity contribution in [1.29, 1.82) is 0 Å². The quantitative estimate of drug-likeness (QED) is 0.555. The SMILES string of the molecule is CCCCc1ccc(C(=O)Oc2cc(C)nn2-c2ccc(C)cc2C)cc1. The summed E-state index contributed by atoms with van der Waals surface area (Å²) in [6, 6.07) is 15.6. The van der Waals surface area contributed by atoms with Crippen LogP contribution in [0.15, 0.2) is 48.5 Å². The first-order chi connectivity index (χ1) is 13.0. The van der Waals surface area contributed by atoms with Crippen molar-refractivity contribution in [3.05, 3.63) is 76.5 Å². The Morgan fingerprint density at radius 2 is 1.78 bits per heavy atom. The molecule has 3 aromatic rings. The normalized spacial score (nSPS) is 10.8. The number of hydrogen-bond donors (Lipinski definition) is 0. The third-order valence-electron chi connectivity index (χ3n) is 4.59. The first-order valence-electron chi connectivity index (χ1n) is 9.43. The summed E-state index contributed by atoms with van der Waals surface area (Å²) < 4.78 is 7.37. The second kappa shape index (κ2) is 8.21. The Labute approximate surface area is 160 Å². The summed E-state index contributed by atoms with van der Waals surface area (Å²) in [4.78, 5) is 12.6. The van der Waals surface area contributed by atoms with E-state index in [1.807, 2.05) is 50.2 Å². The maximum Gasteiger partial charge on any atom is 0.344 e. The Balaban J connectivity index is 1.82. The van der Waals surface area contributed by atoms with Crippen LogP contribution in [-0.2, 0) is 6.42 Å². The van der Waals surface area contributed by atoms with Crippen LogP contribution in [0.2, 0.25) is 0 Å². The Morgan fingerprint density at radius 3 is 2.44 bits per heavy atom. The molecular formula is C23H26N2O2. The zero-order valence-electron chi connectivity index (χ0n) is 16.5.